The maximum atomic E-state index is 15.0. The van der Waals surface area contributed by atoms with Gasteiger partial charge in [-0.3, -0.25) is 4.79 Å². The highest BCUT2D eigenvalue weighted by Crippen LogP contribution is 2.62. The molecule has 3 aliphatic carbocycles. The standard InChI is InChI=1S/C51H64FN3O8/c1-3-29-61-51-46(55(34-37-19-22-39(52)23-20-37)47(58)26-21-35-13-7-8-14-35)32-44(54-60-2)42-30-38(17-9-11-27-56)41(18-10-12-28-57)48(49(42)51)43-31-40(24-25-45(43)63-51)62-50(59)53-33-36-15-5-4-6-16-36/h3-6,15-16,19-20,22-25,30-31,35,38,41,46,48-49,56-57H,1,7-14,17-18,21,26-29,32-34H2,2H3,(H,53,59)/t38-,41+,46-,48+,49+,51+/m0/s1. The van der Waals surface area contributed by atoms with Gasteiger partial charge < -0.3 is 39.5 Å². The second-order valence-corrected chi connectivity index (χ2v) is 17.5. The number of nitrogens with zero attached hydrogens (tertiary/aromatic N) is 2. The first-order valence-electron chi connectivity index (χ1n) is 22.9. The van der Waals surface area contributed by atoms with Crippen molar-refractivity contribution in [2.24, 2.45) is 28.8 Å². The minimum Gasteiger partial charge on any atom is -0.459 e. The average molecular weight is 866 g/mol. The van der Waals surface area contributed by atoms with E-state index < -0.39 is 23.8 Å². The predicted octanol–water partition coefficient (Wildman–Crippen LogP) is 9.38. The quantitative estimate of drug-likeness (QED) is 0.0547. The fourth-order valence-electron chi connectivity index (χ4n) is 10.7. The van der Waals surface area contributed by atoms with Crippen molar-refractivity contribution in [1.82, 2.24) is 10.2 Å². The molecule has 0 bridgehead atoms. The Morgan fingerprint density at radius 3 is 2.43 bits per heavy atom. The average Bonchev–Trinajstić information content (AvgIpc) is 3.83. The molecule has 338 valence electrons. The molecule has 0 saturated heterocycles. The van der Waals surface area contributed by atoms with Crippen LogP contribution in [0, 0.1) is 29.5 Å². The first-order valence-corrected chi connectivity index (χ1v) is 22.9. The number of carbonyl (C=O) groups excluding carboxylic acids is 2. The summed E-state index contributed by atoms with van der Waals surface area (Å²) in [6, 6.07) is 20.6. The second kappa shape index (κ2) is 22.0. The van der Waals surface area contributed by atoms with Gasteiger partial charge in [0.1, 0.15) is 30.5 Å². The van der Waals surface area contributed by atoms with Crippen molar-refractivity contribution in [1.29, 1.82) is 0 Å². The predicted molar refractivity (Wildman–Crippen MR) is 239 cm³/mol. The molecular formula is C51H64FN3O8. The number of nitrogens with one attached hydrogen (secondary N) is 1. The topological polar surface area (TPSA) is 139 Å². The SMILES string of the molecule is C=CCO[C@@]12Oc3ccc(OC(=O)NCc4ccccc4)cc3[C@H]3[C@H](CCCCO)[C@@H](CCCCO)C=C(C(=NOC)C[C@@H]1N(Cc1ccc(F)cc1)C(=O)CCC1CCCC1)[C@H]32. The van der Waals surface area contributed by atoms with E-state index in [4.69, 9.17) is 24.2 Å². The maximum absolute atomic E-state index is 15.0. The summed E-state index contributed by atoms with van der Waals surface area (Å²) in [5, 5.41) is 27.4. The Bertz CT molecular complexity index is 2050. The molecule has 6 atom stereocenters. The number of benzene rings is 3. The van der Waals surface area contributed by atoms with Gasteiger partial charge in [-0.05, 0) is 96.9 Å². The Hall–Kier alpha value is -5.04. The number of fused-ring (bicyclic) bond motifs is 2. The normalized spacial score (nSPS) is 24.4. The molecule has 11 nitrogen and oxygen atoms in total. The zero-order chi connectivity index (χ0) is 44.2. The number of unbranched alkanes of at least 4 members (excludes halogenated alkanes) is 2. The molecule has 2 saturated carbocycles. The number of allylic oxidation sites excluding steroid dienone is 1. The zero-order valence-electron chi connectivity index (χ0n) is 36.6. The molecule has 4 aliphatic rings. The van der Waals surface area contributed by atoms with E-state index >= 15 is 0 Å². The van der Waals surface area contributed by atoms with E-state index in [0.717, 1.165) is 67.2 Å². The number of aliphatic hydroxyl groups is 2. The third kappa shape index (κ3) is 10.8. The molecule has 2 amide bonds. The van der Waals surface area contributed by atoms with E-state index in [1.54, 1.807) is 24.3 Å². The number of oxime groups is 1. The lowest BCUT2D eigenvalue weighted by Crippen LogP contribution is -2.70. The first kappa shape index (κ1) is 46.0. The van der Waals surface area contributed by atoms with Crippen LogP contribution in [0.4, 0.5) is 9.18 Å². The van der Waals surface area contributed by atoms with E-state index in [1.807, 2.05) is 47.4 Å². The number of rotatable bonds is 21. The van der Waals surface area contributed by atoms with Crippen LogP contribution < -0.4 is 14.8 Å². The van der Waals surface area contributed by atoms with Crippen LogP contribution in [0.5, 0.6) is 11.5 Å². The maximum Gasteiger partial charge on any atom is 0.412 e. The highest BCUT2D eigenvalue weighted by Gasteiger charge is 2.65. The van der Waals surface area contributed by atoms with Crippen LogP contribution in [-0.4, -0.2) is 71.6 Å². The van der Waals surface area contributed by atoms with Gasteiger partial charge in [-0.2, -0.15) is 0 Å². The van der Waals surface area contributed by atoms with Crippen molar-refractivity contribution in [3.05, 3.63) is 120 Å². The summed E-state index contributed by atoms with van der Waals surface area (Å²) >= 11 is 0. The summed E-state index contributed by atoms with van der Waals surface area (Å²) in [6.07, 6.45) is 13.7. The molecule has 12 heteroatoms. The Labute approximate surface area is 371 Å². The van der Waals surface area contributed by atoms with Crippen LogP contribution in [0.2, 0.25) is 0 Å². The monoisotopic (exact) mass is 865 g/mol. The van der Waals surface area contributed by atoms with Gasteiger partial charge in [-0.1, -0.05) is 98.3 Å². The van der Waals surface area contributed by atoms with Crippen molar-refractivity contribution in [3.8, 4) is 11.5 Å². The number of hydrogen-bond donors (Lipinski definition) is 3. The molecular weight excluding hydrogens is 802 g/mol. The van der Waals surface area contributed by atoms with Gasteiger partial charge in [-0.15, -0.1) is 6.58 Å². The molecule has 3 aromatic carbocycles. The van der Waals surface area contributed by atoms with E-state index in [2.05, 4.69) is 18.0 Å². The molecule has 2 fully saturated rings. The Morgan fingerprint density at radius 1 is 0.968 bits per heavy atom. The number of halogens is 1. The lowest BCUT2D eigenvalue weighted by atomic mass is 9.55. The van der Waals surface area contributed by atoms with Gasteiger partial charge in [0.25, 0.3) is 0 Å². The van der Waals surface area contributed by atoms with E-state index in [0.29, 0.717) is 48.9 Å². The molecule has 0 spiro atoms. The lowest BCUT2D eigenvalue weighted by molar-refractivity contribution is -0.258. The van der Waals surface area contributed by atoms with Crippen molar-refractivity contribution in [3.63, 3.8) is 0 Å². The van der Waals surface area contributed by atoms with Gasteiger partial charge in [0.15, 0.2) is 0 Å². The molecule has 7 rings (SSSR count). The lowest BCUT2D eigenvalue weighted by Gasteiger charge is -2.60. The van der Waals surface area contributed by atoms with Crippen LogP contribution in [0.1, 0.15) is 106 Å². The third-order valence-electron chi connectivity index (χ3n) is 13.5. The van der Waals surface area contributed by atoms with Crippen LogP contribution >= 0.6 is 0 Å². The van der Waals surface area contributed by atoms with Crippen molar-refractivity contribution in [2.45, 2.75) is 114 Å². The molecule has 3 aromatic rings. The number of hydrogen-bond acceptors (Lipinski definition) is 9. The van der Waals surface area contributed by atoms with Crippen molar-refractivity contribution < 1.29 is 43.2 Å². The van der Waals surface area contributed by atoms with Crippen LogP contribution in [0.3, 0.4) is 0 Å². The van der Waals surface area contributed by atoms with Crippen LogP contribution in [-0.2, 0) is 27.5 Å². The Balaban J connectivity index is 1.37. The summed E-state index contributed by atoms with van der Waals surface area (Å²) in [7, 11) is 1.53. The van der Waals surface area contributed by atoms with E-state index in [-0.39, 0.29) is 62.3 Å². The minimum atomic E-state index is -1.45. The summed E-state index contributed by atoms with van der Waals surface area (Å²) < 4.78 is 34.7. The second-order valence-electron chi connectivity index (χ2n) is 17.5. The molecule has 1 aliphatic heterocycles. The zero-order valence-corrected chi connectivity index (χ0v) is 36.6. The summed E-state index contributed by atoms with van der Waals surface area (Å²) in [4.78, 5) is 35.7. The molecule has 0 radical (unpaired) electrons. The highest BCUT2D eigenvalue weighted by atomic mass is 19.1. The fraction of sp³-hybridized carbons (Fsp3) is 0.510. The van der Waals surface area contributed by atoms with Gasteiger partial charge in [0.05, 0.1) is 18.2 Å². The largest absolute Gasteiger partial charge is 0.459 e. The summed E-state index contributed by atoms with van der Waals surface area (Å²) in [5.41, 5.74) is 4.14. The number of ether oxygens (including phenoxy) is 3. The van der Waals surface area contributed by atoms with E-state index in [9.17, 15) is 24.2 Å². The Kier molecular flexibility index (Phi) is 16.1. The van der Waals surface area contributed by atoms with Crippen LogP contribution in [0.15, 0.2) is 102 Å². The number of amides is 2. The minimum absolute atomic E-state index is 0.00772. The Morgan fingerprint density at radius 2 is 1.71 bits per heavy atom. The van der Waals surface area contributed by atoms with Crippen LogP contribution in [0.25, 0.3) is 0 Å². The van der Waals surface area contributed by atoms with Gasteiger partial charge in [-0.25, -0.2) is 9.18 Å². The molecule has 3 N–H and O–H groups in total. The number of carbonyl (C=O) groups is 2. The van der Waals surface area contributed by atoms with Crippen molar-refractivity contribution in [2.75, 3.05) is 26.9 Å². The first-order chi connectivity index (χ1) is 30.8. The molecule has 0 unspecified atom stereocenters. The van der Waals surface area contributed by atoms with Gasteiger partial charge >= 0.3 is 6.09 Å². The smallest absolute Gasteiger partial charge is 0.412 e. The molecule has 0 aromatic heterocycles. The molecule has 63 heavy (non-hydrogen) atoms. The third-order valence-corrected chi connectivity index (χ3v) is 13.5. The number of aliphatic hydroxyl groups excluding tert-OH is 2. The highest BCUT2D eigenvalue weighted by molar-refractivity contribution is 6.03. The van der Waals surface area contributed by atoms with E-state index in [1.165, 1.54) is 32.1 Å². The van der Waals surface area contributed by atoms with Gasteiger partial charge in [0.2, 0.25) is 11.7 Å². The molecule has 1 heterocycles. The fourth-order valence-corrected chi connectivity index (χ4v) is 10.7. The van der Waals surface area contributed by atoms with Gasteiger partial charge in [0, 0.05) is 50.6 Å². The summed E-state index contributed by atoms with van der Waals surface area (Å²) in [6.45, 7) is 4.80. The van der Waals surface area contributed by atoms with Crippen molar-refractivity contribution >= 4 is 17.7 Å². The summed E-state index contributed by atoms with van der Waals surface area (Å²) in [5.74, 6) is -1.25.